The summed E-state index contributed by atoms with van der Waals surface area (Å²) in [5.74, 6) is -0.0735. The van der Waals surface area contributed by atoms with Gasteiger partial charge in [-0.05, 0) is 25.5 Å². The van der Waals surface area contributed by atoms with Crippen molar-refractivity contribution in [2.45, 2.75) is 32.7 Å². The molecule has 0 fully saturated rings. The van der Waals surface area contributed by atoms with Gasteiger partial charge in [-0.1, -0.05) is 48.1 Å². The number of halogens is 3. The van der Waals surface area contributed by atoms with E-state index in [1.165, 1.54) is 0 Å². The highest BCUT2D eigenvalue weighted by Gasteiger charge is 2.14. The molecule has 0 saturated carbocycles. The topological polar surface area (TPSA) is 41.1 Å². The summed E-state index contributed by atoms with van der Waals surface area (Å²) in [6, 6.07) is 2.77. The zero-order valence-electron chi connectivity index (χ0n) is 10.9. The van der Waals surface area contributed by atoms with Crippen LogP contribution >= 0.6 is 34.8 Å². The van der Waals surface area contributed by atoms with Crippen LogP contribution in [0.1, 0.15) is 26.7 Å². The van der Waals surface area contributed by atoms with Crippen LogP contribution < -0.4 is 10.6 Å². The first-order chi connectivity index (χ1) is 8.95. The third-order valence-corrected chi connectivity index (χ3v) is 3.64. The molecule has 6 heteroatoms. The van der Waals surface area contributed by atoms with Crippen LogP contribution in [-0.4, -0.2) is 18.5 Å². The van der Waals surface area contributed by atoms with E-state index in [1.807, 2.05) is 0 Å². The zero-order chi connectivity index (χ0) is 14.4. The van der Waals surface area contributed by atoms with Crippen LogP contribution in [0.4, 0.5) is 5.69 Å². The molecule has 0 radical (unpaired) electrons. The maximum atomic E-state index is 11.8. The van der Waals surface area contributed by atoms with E-state index in [4.69, 9.17) is 34.8 Å². The molecule has 0 aliphatic heterocycles. The molecule has 106 valence electrons. The van der Waals surface area contributed by atoms with Crippen LogP contribution in [0.15, 0.2) is 12.1 Å². The van der Waals surface area contributed by atoms with Crippen LogP contribution in [-0.2, 0) is 4.79 Å². The van der Waals surface area contributed by atoms with Gasteiger partial charge < -0.3 is 10.6 Å². The lowest BCUT2D eigenvalue weighted by molar-refractivity contribution is -0.121. The molecule has 19 heavy (non-hydrogen) atoms. The summed E-state index contributed by atoms with van der Waals surface area (Å²) in [6.07, 6.45) is 2.01. The third kappa shape index (κ3) is 5.09. The van der Waals surface area contributed by atoms with E-state index in [-0.39, 0.29) is 5.91 Å². The number of carbonyl (C=O) groups is 1. The van der Waals surface area contributed by atoms with Crippen molar-refractivity contribution >= 4 is 46.4 Å². The number of amides is 1. The number of hydrogen-bond acceptors (Lipinski definition) is 2. The van der Waals surface area contributed by atoms with Crippen molar-refractivity contribution < 1.29 is 4.79 Å². The summed E-state index contributed by atoms with van der Waals surface area (Å²) < 4.78 is 0. The lowest BCUT2D eigenvalue weighted by atomic mass is 10.2. The van der Waals surface area contributed by atoms with Gasteiger partial charge in [0.1, 0.15) is 6.04 Å². The summed E-state index contributed by atoms with van der Waals surface area (Å²) in [5.41, 5.74) is 0.592. The maximum absolute atomic E-state index is 11.8. The molecule has 0 aliphatic carbocycles. The first-order valence-corrected chi connectivity index (χ1v) is 7.28. The Kier molecular flexibility index (Phi) is 6.76. The number of carbonyl (C=O) groups excluding carboxylic acids is 1. The maximum Gasteiger partial charge on any atom is 0.242 e. The van der Waals surface area contributed by atoms with Crippen molar-refractivity contribution in [2.75, 3.05) is 11.9 Å². The molecular formula is C13H17Cl3N2O. The average Bonchev–Trinajstić information content (AvgIpc) is 2.36. The summed E-state index contributed by atoms with van der Waals surface area (Å²) in [5, 5.41) is 7.08. The second-order valence-electron chi connectivity index (χ2n) is 4.26. The molecule has 0 aromatic heterocycles. The Morgan fingerprint density at radius 1 is 1.21 bits per heavy atom. The van der Waals surface area contributed by atoms with Crippen molar-refractivity contribution in [3.8, 4) is 0 Å². The van der Waals surface area contributed by atoms with Gasteiger partial charge in [-0.2, -0.15) is 0 Å². The molecule has 1 aromatic carbocycles. The Morgan fingerprint density at radius 3 is 2.47 bits per heavy atom. The summed E-state index contributed by atoms with van der Waals surface area (Å²) in [4.78, 5) is 11.8. The number of unbranched alkanes of at least 4 members (excludes halogenated alkanes) is 1. The van der Waals surface area contributed by atoms with Gasteiger partial charge in [0, 0.05) is 6.54 Å². The smallest absolute Gasteiger partial charge is 0.242 e. The molecule has 0 heterocycles. The van der Waals surface area contributed by atoms with E-state index >= 15 is 0 Å². The molecule has 2 N–H and O–H groups in total. The standard InChI is InChI=1S/C13H17Cl3N2O/c1-3-4-5-17-13(19)8(2)18-12-7-10(15)9(14)6-11(12)16/h6-8,18H,3-5H2,1-2H3,(H,17,19). The average molecular weight is 324 g/mol. The second-order valence-corrected chi connectivity index (χ2v) is 5.48. The number of benzene rings is 1. The fourth-order valence-corrected chi connectivity index (χ4v) is 2.07. The minimum Gasteiger partial charge on any atom is -0.373 e. The lowest BCUT2D eigenvalue weighted by Crippen LogP contribution is -2.38. The van der Waals surface area contributed by atoms with Gasteiger partial charge in [0.05, 0.1) is 20.8 Å². The molecule has 0 aliphatic rings. The van der Waals surface area contributed by atoms with Crippen LogP contribution in [0.3, 0.4) is 0 Å². The predicted molar refractivity (Wildman–Crippen MR) is 82.5 cm³/mol. The van der Waals surface area contributed by atoms with E-state index < -0.39 is 6.04 Å². The lowest BCUT2D eigenvalue weighted by Gasteiger charge is -2.16. The molecule has 0 spiro atoms. The first kappa shape index (κ1) is 16.4. The summed E-state index contributed by atoms with van der Waals surface area (Å²) in [6.45, 7) is 4.51. The molecule has 1 aromatic rings. The van der Waals surface area contributed by atoms with Crippen molar-refractivity contribution in [3.63, 3.8) is 0 Å². The van der Waals surface area contributed by atoms with E-state index in [0.717, 1.165) is 12.8 Å². The first-order valence-electron chi connectivity index (χ1n) is 6.14. The van der Waals surface area contributed by atoms with Gasteiger partial charge in [-0.15, -0.1) is 0 Å². The third-order valence-electron chi connectivity index (χ3n) is 2.60. The number of hydrogen-bond donors (Lipinski definition) is 2. The van der Waals surface area contributed by atoms with E-state index in [2.05, 4.69) is 17.6 Å². The Bertz CT molecular complexity index is 452. The predicted octanol–water partition coefficient (Wildman–Crippen LogP) is 4.36. The van der Waals surface area contributed by atoms with Gasteiger partial charge in [-0.3, -0.25) is 4.79 Å². The molecule has 3 nitrogen and oxygen atoms in total. The van der Waals surface area contributed by atoms with Gasteiger partial charge in [-0.25, -0.2) is 0 Å². The van der Waals surface area contributed by atoms with Crippen molar-refractivity contribution in [1.82, 2.24) is 5.32 Å². The fraction of sp³-hybridized carbons (Fsp3) is 0.462. The van der Waals surface area contributed by atoms with Gasteiger partial charge in [0.25, 0.3) is 0 Å². The fourth-order valence-electron chi connectivity index (χ4n) is 1.47. The van der Waals surface area contributed by atoms with Crippen LogP contribution in [0.2, 0.25) is 15.1 Å². The second kappa shape index (κ2) is 7.83. The summed E-state index contributed by atoms with van der Waals surface area (Å²) in [7, 11) is 0. The largest absolute Gasteiger partial charge is 0.373 e. The number of anilines is 1. The highest BCUT2D eigenvalue weighted by atomic mass is 35.5. The Morgan fingerprint density at radius 2 is 1.84 bits per heavy atom. The monoisotopic (exact) mass is 322 g/mol. The van der Waals surface area contributed by atoms with Gasteiger partial charge in [0.15, 0.2) is 0 Å². The van der Waals surface area contributed by atoms with E-state index in [0.29, 0.717) is 27.3 Å². The minimum absolute atomic E-state index is 0.0735. The van der Waals surface area contributed by atoms with E-state index in [9.17, 15) is 4.79 Å². The highest BCUT2D eigenvalue weighted by Crippen LogP contribution is 2.32. The van der Waals surface area contributed by atoms with Crippen LogP contribution in [0.5, 0.6) is 0 Å². The SMILES string of the molecule is CCCCNC(=O)C(C)Nc1cc(Cl)c(Cl)cc1Cl. The van der Waals surface area contributed by atoms with Crippen molar-refractivity contribution in [3.05, 3.63) is 27.2 Å². The van der Waals surface area contributed by atoms with E-state index in [1.54, 1.807) is 19.1 Å². The molecular weight excluding hydrogens is 307 g/mol. The Labute approximate surface area is 128 Å². The molecule has 1 unspecified atom stereocenters. The van der Waals surface area contributed by atoms with Crippen molar-refractivity contribution in [1.29, 1.82) is 0 Å². The Hall–Kier alpha value is -0.640. The molecule has 1 rings (SSSR count). The molecule has 0 saturated heterocycles. The normalized spacial score (nSPS) is 12.1. The van der Waals surface area contributed by atoms with Crippen LogP contribution in [0.25, 0.3) is 0 Å². The van der Waals surface area contributed by atoms with Crippen molar-refractivity contribution in [2.24, 2.45) is 0 Å². The van der Waals surface area contributed by atoms with Gasteiger partial charge >= 0.3 is 0 Å². The Balaban J connectivity index is 2.63. The number of rotatable bonds is 6. The zero-order valence-corrected chi connectivity index (χ0v) is 13.2. The highest BCUT2D eigenvalue weighted by molar-refractivity contribution is 6.44. The summed E-state index contributed by atoms with van der Waals surface area (Å²) >= 11 is 17.8. The van der Waals surface area contributed by atoms with Crippen LogP contribution in [0, 0.1) is 0 Å². The molecule has 1 atom stereocenters. The quantitative estimate of drug-likeness (QED) is 0.603. The minimum atomic E-state index is -0.397. The number of nitrogens with one attached hydrogen (secondary N) is 2. The van der Waals surface area contributed by atoms with Gasteiger partial charge in [0.2, 0.25) is 5.91 Å². The molecule has 1 amide bonds. The molecule has 0 bridgehead atoms.